The Bertz CT molecular complexity index is 537. The normalized spacial score (nSPS) is 10.3. The standard InChI is InChI=1S/C14H15NOS/c1-9-5-4-6-10(2)12(9)15-14(16)13-11(3)7-8-17-13/h4-8H,1-3H3,(H,15,16). The maximum atomic E-state index is 12.1. The molecule has 0 unspecified atom stereocenters. The molecule has 0 fully saturated rings. The van der Waals surface area contributed by atoms with E-state index in [9.17, 15) is 4.79 Å². The first-order valence-electron chi connectivity index (χ1n) is 5.51. The molecule has 0 saturated carbocycles. The second-order valence-electron chi connectivity index (χ2n) is 4.15. The summed E-state index contributed by atoms with van der Waals surface area (Å²) in [6.45, 7) is 5.96. The molecule has 2 nitrogen and oxygen atoms in total. The fraction of sp³-hybridized carbons (Fsp3) is 0.214. The molecule has 3 heteroatoms. The second kappa shape index (κ2) is 4.72. The van der Waals surface area contributed by atoms with Crippen LogP contribution >= 0.6 is 11.3 Å². The predicted molar refractivity (Wildman–Crippen MR) is 72.9 cm³/mol. The zero-order valence-electron chi connectivity index (χ0n) is 10.2. The molecular weight excluding hydrogens is 230 g/mol. The van der Waals surface area contributed by atoms with Crippen molar-refractivity contribution in [2.75, 3.05) is 5.32 Å². The SMILES string of the molecule is Cc1ccsc1C(=O)Nc1c(C)cccc1C. The zero-order chi connectivity index (χ0) is 12.4. The quantitative estimate of drug-likeness (QED) is 0.853. The number of thiophene rings is 1. The molecule has 0 spiro atoms. The van der Waals surface area contributed by atoms with Crippen LogP contribution in [0.2, 0.25) is 0 Å². The van der Waals surface area contributed by atoms with Crippen LogP contribution in [0.4, 0.5) is 5.69 Å². The monoisotopic (exact) mass is 245 g/mol. The summed E-state index contributed by atoms with van der Waals surface area (Å²) in [7, 11) is 0. The summed E-state index contributed by atoms with van der Waals surface area (Å²) in [5.41, 5.74) is 4.13. The highest BCUT2D eigenvalue weighted by atomic mass is 32.1. The lowest BCUT2D eigenvalue weighted by Crippen LogP contribution is -2.13. The van der Waals surface area contributed by atoms with Crippen LogP contribution in [0.1, 0.15) is 26.4 Å². The second-order valence-corrected chi connectivity index (χ2v) is 5.07. The number of hydrogen-bond donors (Lipinski definition) is 1. The number of nitrogens with one attached hydrogen (secondary N) is 1. The van der Waals surface area contributed by atoms with Crippen LogP contribution in [0.5, 0.6) is 0 Å². The highest BCUT2D eigenvalue weighted by Crippen LogP contribution is 2.22. The van der Waals surface area contributed by atoms with Gasteiger partial charge in [-0.15, -0.1) is 11.3 Å². The lowest BCUT2D eigenvalue weighted by Gasteiger charge is -2.10. The molecule has 1 aromatic heterocycles. The molecule has 1 aromatic carbocycles. The van der Waals surface area contributed by atoms with E-state index in [-0.39, 0.29) is 5.91 Å². The van der Waals surface area contributed by atoms with Crippen molar-refractivity contribution in [3.05, 3.63) is 51.2 Å². The van der Waals surface area contributed by atoms with Crippen LogP contribution in [0.3, 0.4) is 0 Å². The van der Waals surface area contributed by atoms with Crippen LogP contribution in [-0.2, 0) is 0 Å². The summed E-state index contributed by atoms with van der Waals surface area (Å²) in [4.78, 5) is 12.9. The summed E-state index contributed by atoms with van der Waals surface area (Å²) in [6.07, 6.45) is 0. The maximum Gasteiger partial charge on any atom is 0.266 e. The molecule has 2 aromatic rings. The topological polar surface area (TPSA) is 29.1 Å². The molecule has 1 heterocycles. The number of benzene rings is 1. The Kier molecular flexibility index (Phi) is 3.29. The van der Waals surface area contributed by atoms with Gasteiger partial charge in [0, 0.05) is 5.69 Å². The molecule has 0 aliphatic rings. The number of para-hydroxylation sites is 1. The molecule has 1 N–H and O–H groups in total. The van der Waals surface area contributed by atoms with Crippen LogP contribution < -0.4 is 5.32 Å². The van der Waals surface area contributed by atoms with Crippen LogP contribution in [0, 0.1) is 20.8 Å². The highest BCUT2D eigenvalue weighted by molar-refractivity contribution is 7.12. The summed E-state index contributed by atoms with van der Waals surface area (Å²) < 4.78 is 0. The van der Waals surface area contributed by atoms with Gasteiger partial charge in [0.05, 0.1) is 4.88 Å². The number of anilines is 1. The number of aryl methyl sites for hydroxylation is 3. The molecule has 0 aliphatic heterocycles. The van der Waals surface area contributed by atoms with Gasteiger partial charge in [0.2, 0.25) is 0 Å². The predicted octanol–water partition coefficient (Wildman–Crippen LogP) is 3.93. The van der Waals surface area contributed by atoms with E-state index in [1.54, 1.807) is 0 Å². The summed E-state index contributed by atoms with van der Waals surface area (Å²) in [5.74, 6) is -0.0186. The van der Waals surface area contributed by atoms with E-state index in [4.69, 9.17) is 0 Å². The molecule has 17 heavy (non-hydrogen) atoms. The van der Waals surface area contributed by atoms with Gasteiger partial charge in [0.15, 0.2) is 0 Å². The minimum atomic E-state index is -0.0186. The van der Waals surface area contributed by atoms with Crippen molar-refractivity contribution in [3.8, 4) is 0 Å². The van der Waals surface area contributed by atoms with Crippen LogP contribution in [0.15, 0.2) is 29.6 Å². The first-order chi connectivity index (χ1) is 8.09. The van der Waals surface area contributed by atoms with Gasteiger partial charge in [-0.25, -0.2) is 0 Å². The smallest absolute Gasteiger partial charge is 0.266 e. The molecule has 88 valence electrons. The third-order valence-electron chi connectivity index (χ3n) is 2.79. The molecule has 0 bridgehead atoms. The van der Waals surface area contributed by atoms with Crippen molar-refractivity contribution in [1.29, 1.82) is 0 Å². The average molecular weight is 245 g/mol. The van der Waals surface area contributed by atoms with Crippen molar-refractivity contribution >= 4 is 22.9 Å². The zero-order valence-corrected chi connectivity index (χ0v) is 11.0. The van der Waals surface area contributed by atoms with E-state index < -0.39 is 0 Å². The van der Waals surface area contributed by atoms with Crippen molar-refractivity contribution in [1.82, 2.24) is 0 Å². The third-order valence-corrected chi connectivity index (χ3v) is 3.80. The van der Waals surface area contributed by atoms with Gasteiger partial charge in [0.1, 0.15) is 0 Å². The molecule has 0 saturated heterocycles. The fourth-order valence-corrected chi connectivity index (χ4v) is 2.61. The third kappa shape index (κ3) is 2.39. The van der Waals surface area contributed by atoms with Crippen molar-refractivity contribution in [2.45, 2.75) is 20.8 Å². The largest absolute Gasteiger partial charge is 0.321 e. The van der Waals surface area contributed by atoms with E-state index >= 15 is 0 Å². The Balaban J connectivity index is 2.28. The van der Waals surface area contributed by atoms with E-state index in [1.807, 2.05) is 50.4 Å². The van der Waals surface area contributed by atoms with Crippen molar-refractivity contribution in [3.63, 3.8) is 0 Å². The van der Waals surface area contributed by atoms with Gasteiger partial charge >= 0.3 is 0 Å². The molecule has 0 radical (unpaired) electrons. The Hall–Kier alpha value is -1.61. The lowest BCUT2D eigenvalue weighted by atomic mass is 10.1. The Morgan fingerprint density at radius 1 is 1.06 bits per heavy atom. The summed E-state index contributed by atoms with van der Waals surface area (Å²) in [6, 6.07) is 7.97. The van der Waals surface area contributed by atoms with Crippen molar-refractivity contribution in [2.24, 2.45) is 0 Å². The van der Waals surface area contributed by atoms with Crippen LogP contribution in [0.25, 0.3) is 0 Å². The highest BCUT2D eigenvalue weighted by Gasteiger charge is 2.12. The Morgan fingerprint density at radius 3 is 2.24 bits per heavy atom. The first-order valence-corrected chi connectivity index (χ1v) is 6.39. The summed E-state index contributed by atoms with van der Waals surface area (Å²) in [5, 5.41) is 4.93. The number of rotatable bonds is 2. The average Bonchev–Trinajstić information content (AvgIpc) is 2.70. The Morgan fingerprint density at radius 2 is 1.71 bits per heavy atom. The number of carbonyl (C=O) groups is 1. The minimum Gasteiger partial charge on any atom is -0.321 e. The van der Waals surface area contributed by atoms with E-state index in [0.717, 1.165) is 27.3 Å². The number of carbonyl (C=O) groups excluding carboxylic acids is 1. The van der Waals surface area contributed by atoms with E-state index in [1.165, 1.54) is 11.3 Å². The lowest BCUT2D eigenvalue weighted by molar-refractivity contribution is 0.103. The molecule has 0 atom stereocenters. The number of hydrogen-bond acceptors (Lipinski definition) is 2. The van der Waals surface area contributed by atoms with Gasteiger partial charge in [-0.05, 0) is 48.9 Å². The molecule has 2 rings (SSSR count). The van der Waals surface area contributed by atoms with Gasteiger partial charge in [-0.3, -0.25) is 4.79 Å². The van der Waals surface area contributed by atoms with Crippen molar-refractivity contribution < 1.29 is 4.79 Å². The Labute approximate surface area is 105 Å². The van der Waals surface area contributed by atoms with Crippen LogP contribution in [-0.4, -0.2) is 5.91 Å². The number of amides is 1. The maximum absolute atomic E-state index is 12.1. The van der Waals surface area contributed by atoms with E-state index in [0.29, 0.717) is 0 Å². The molecule has 0 aliphatic carbocycles. The van der Waals surface area contributed by atoms with E-state index in [2.05, 4.69) is 5.32 Å². The molecule has 1 amide bonds. The van der Waals surface area contributed by atoms with Gasteiger partial charge in [-0.1, -0.05) is 18.2 Å². The fourth-order valence-electron chi connectivity index (χ4n) is 1.79. The van der Waals surface area contributed by atoms with Gasteiger partial charge in [0.25, 0.3) is 5.91 Å². The summed E-state index contributed by atoms with van der Waals surface area (Å²) >= 11 is 1.48. The van der Waals surface area contributed by atoms with Gasteiger partial charge in [-0.2, -0.15) is 0 Å². The van der Waals surface area contributed by atoms with Gasteiger partial charge < -0.3 is 5.32 Å². The first kappa shape index (κ1) is 11.9. The molecular formula is C14H15NOS. The minimum absolute atomic E-state index is 0.0186.